The molecule has 0 aromatic heterocycles. The van der Waals surface area contributed by atoms with Gasteiger partial charge in [-0.3, -0.25) is 0 Å². The molecule has 0 aliphatic carbocycles. The molecule has 0 fully saturated rings. The van der Waals surface area contributed by atoms with E-state index in [0.717, 1.165) is 0 Å². The standard InChI is InChI=1S/C13H26Si/c1-8-10-12(9-2)11-14(6,7)13(3,4)5/h10,12H,1,9,11H2,2-7H3. The lowest BCUT2D eigenvalue weighted by atomic mass is 10.1. The first-order valence-electron chi connectivity index (χ1n) is 5.60. The van der Waals surface area contributed by atoms with Crippen molar-refractivity contribution in [2.24, 2.45) is 5.92 Å². The molecule has 82 valence electrons. The highest BCUT2D eigenvalue weighted by atomic mass is 28.3. The van der Waals surface area contributed by atoms with Crippen LogP contribution in [0.2, 0.25) is 24.2 Å². The van der Waals surface area contributed by atoms with Gasteiger partial charge < -0.3 is 0 Å². The van der Waals surface area contributed by atoms with Gasteiger partial charge in [-0.1, -0.05) is 53.4 Å². The fraction of sp³-hybridized carbons (Fsp3) is 0.769. The average molecular weight is 210 g/mol. The molecule has 0 spiro atoms. The largest absolute Gasteiger partial charge is 0.133 e. The van der Waals surface area contributed by atoms with Crippen LogP contribution in [-0.4, -0.2) is 8.07 Å². The van der Waals surface area contributed by atoms with Crippen molar-refractivity contribution in [1.82, 2.24) is 0 Å². The van der Waals surface area contributed by atoms with E-state index < -0.39 is 8.07 Å². The van der Waals surface area contributed by atoms with Crippen LogP contribution in [0.4, 0.5) is 0 Å². The molecular formula is C13H26Si. The molecule has 14 heavy (non-hydrogen) atoms. The van der Waals surface area contributed by atoms with Crippen molar-refractivity contribution in [1.29, 1.82) is 0 Å². The van der Waals surface area contributed by atoms with Crippen LogP contribution in [0, 0.1) is 5.92 Å². The Morgan fingerprint density at radius 1 is 1.36 bits per heavy atom. The van der Waals surface area contributed by atoms with Gasteiger partial charge in [0.2, 0.25) is 0 Å². The fourth-order valence-electron chi connectivity index (χ4n) is 1.45. The highest BCUT2D eigenvalue weighted by molar-refractivity contribution is 6.80. The minimum atomic E-state index is -1.13. The Balaban J connectivity index is 4.55. The number of hydrogen-bond acceptors (Lipinski definition) is 0. The summed E-state index contributed by atoms with van der Waals surface area (Å²) in [5.41, 5.74) is 2.94. The van der Waals surface area contributed by atoms with Crippen molar-refractivity contribution in [3.63, 3.8) is 0 Å². The Morgan fingerprint density at radius 3 is 2.14 bits per heavy atom. The summed E-state index contributed by atoms with van der Waals surface area (Å²) in [7, 11) is -1.13. The van der Waals surface area contributed by atoms with E-state index in [-0.39, 0.29) is 0 Å². The van der Waals surface area contributed by atoms with Gasteiger partial charge in [0.05, 0.1) is 8.07 Å². The zero-order chi connectivity index (χ0) is 11.4. The summed E-state index contributed by atoms with van der Waals surface area (Å²) in [5.74, 6) is 0.688. The van der Waals surface area contributed by atoms with Crippen LogP contribution >= 0.6 is 0 Å². The smallest absolute Gasteiger partial charge is 0.0533 e. The summed E-state index contributed by atoms with van der Waals surface area (Å²) < 4.78 is 0. The topological polar surface area (TPSA) is 0 Å². The minimum Gasteiger partial charge on any atom is -0.133 e. The van der Waals surface area contributed by atoms with E-state index in [2.05, 4.69) is 59.2 Å². The lowest BCUT2D eigenvalue weighted by molar-refractivity contribution is 0.644. The molecule has 1 unspecified atom stereocenters. The molecule has 0 aromatic carbocycles. The Bertz CT molecular complexity index is 214. The fourth-order valence-corrected chi connectivity index (χ4v) is 3.78. The third-order valence-corrected chi connectivity index (χ3v) is 9.29. The maximum absolute atomic E-state index is 3.68. The predicted molar refractivity (Wildman–Crippen MR) is 69.5 cm³/mol. The summed E-state index contributed by atoms with van der Waals surface area (Å²) in [5, 5.41) is 0.495. The van der Waals surface area contributed by atoms with Gasteiger partial charge in [0.1, 0.15) is 0 Å². The van der Waals surface area contributed by atoms with Crippen molar-refractivity contribution in [2.45, 2.75) is 58.3 Å². The monoisotopic (exact) mass is 210 g/mol. The molecule has 1 atom stereocenters. The quantitative estimate of drug-likeness (QED) is 0.459. The van der Waals surface area contributed by atoms with Gasteiger partial charge in [0.25, 0.3) is 0 Å². The second-order valence-corrected chi connectivity index (χ2v) is 11.6. The van der Waals surface area contributed by atoms with E-state index in [9.17, 15) is 0 Å². The molecule has 1 heteroatoms. The third kappa shape index (κ3) is 3.85. The van der Waals surface area contributed by atoms with Gasteiger partial charge in [0.15, 0.2) is 0 Å². The Kier molecular flexibility index (Phi) is 4.90. The summed E-state index contributed by atoms with van der Waals surface area (Å²) >= 11 is 0. The molecule has 0 amide bonds. The first-order valence-corrected chi connectivity index (χ1v) is 8.81. The number of allylic oxidation sites excluding steroid dienone is 1. The first kappa shape index (κ1) is 13.7. The Labute approximate surface area is 91.1 Å². The molecular weight excluding hydrogens is 184 g/mol. The molecule has 0 bridgehead atoms. The van der Waals surface area contributed by atoms with Crippen LogP contribution in [0.1, 0.15) is 34.1 Å². The van der Waals surface area contributed by atoms with E-state index in [1.807, 2.05) is 0 Å². The summed E-state index contributed by atoms with van der Waals surface area (Å²) in [6.07, 6.45) is 3.37. The van der Waals surface area contributed by atoms with Gasteiger partial charge in [-0.15, -0.1) is 5.73 Å². The van der Waals surface area contributed by atoms with E-state index in [0.29, 0.717) is 11.0 Å². The van der Waals surface area contributed by atoms with Crippen molar-refractivity contribution in [2.75, 3.05) is 0 Å². The zero-order valence-electron chi connectivity index (χ0n) is 10.8. The summed E-state index contributed by atoms with van der Waals surface area (Å²) in [6, 6.07) is 1.36. The van der Waals surface area contributed by atoms with Crippen molar-refractivity contribution < 1.29 is 0 Å². The highest BCUT2D eigenvalue weighted by Crippen LogP contribution is 2.41. The lowest BCUT2D eigenvalue weighted by Crippen LogP contribution is -2.38. The molecule has 0 heterocycles. The SMILES string of the molecule is C=C=CC(CC)C[Si](C)(C)C(C)(C)C. The molecule has 0 rings (SSSR count). The van der Waals surface area contributed by atoms with Gasteiger partial charge >= 0.3 is 0 Å². The molecule has 0 saturated heterocycles. The van der Waals surface area contributed by atoms with E-state index in [1.54, 1.807) is 0 Å². The zero-order valence-corrected chi connectivity index (χ0v) is 11.8. The average Bonchev–Trinajstić information content (AvgIpc) is 2.01. The normalized spacial score (nSPS) is 14.7. The molecule has 0 aromatic rings. The van der Waals surface area contributed by atoms with Crippen molar-refractivity contribution >= 4 is 8.07 Å². The van der Waals surface area contributed by atoms with Crippen LogP contribution in [0.15, 0.2) is 18.4 Å². The Morgan fingerprint density at radius 2 is 1.86 bits per heavy atom. The summed E-state index contributed by atoms with van der Waals surface area (Å²) in [6.45, 7) is 18.1. The molecule has 0 aliphatic rings. The van der Waals surface area contributed by atoms with Crippen LogP contribution in [-0.2, 0) is 0 Å². The highest BCUT2D eigenvalue weighted by Gasteiger charge is 2.35. The van der Waals surface area contributed by atoms with Gasteiger partial charge in [-0.05, 0) is 23.5 Å². The second kappa shape index (κ2) is 5.00. The molecule has 0 radical (unpaired) electrons. The van der Waals surface area contributed by atoms with Crippen LogP contribution in [0.25, 0.3) is 0 Å². The maximum atomic E-state index is 3.68. The summed E-state index contributed by atoms with van der Waals surface area (Å²) in [4.78, 5) is 0. The number of rotatable bonds is 4. The van der Waals surface area contributed by atoms with Crippen LogP contribution < -0.4 is 0 Å². The van der Waals surface area contributed by atoms with Gasteiger partial charge in [-0.25, -0.2) is 0 Å². The molecule has 0 saturated carbocycles. The predicted octanol–water partition coefficient (Wildman–Crippen LogP) is 4.86. The van der Waals surface area contributed by atoms with E-state index >= 15 is 0 Å². The molecule has 0 N–H and O–H groups in total. The van der Waals surface area contributed by atoms with Crippen LogP contribution in [0.3, 0.4) is 0 Å². The lowest BCUT2D eigenvalue weighted by Gasteiger charge is -2.38. The third-order valence-electron chi connectivity index (χ3n) is 3.68. The van der Waals surface area contributed by atoms with E-state index in [4.69, 9.17) is 0 Å². The first-order chi connectivity index (χ1) is 6.24. The minimum absolute atomic E-state index is 0.495. The van der Waals surface area contributed by atoms with Crippen molar-refractivity contribution in [3.8, 4) is 0 Å². The van der Waals surface area contributed by atoms with E-state index in [1.165, 1.54) is 12.5 Å². The number of hydrogen-bond donors (Lipinski definition) is 0. The van der Waals surface area contributed by atoms with Gasteiger partial charge in [-0.2, -0.15) is 0 Å². The molecule has 0 nitrogen and oxygen atoms in total. The van der Waals surface area contributed by atoms with Gasteiger partial charge in [0, 0.05) is 0 Å². The molecule has 0 aliphatic heterocycles. The van der Waals surface area contributed by atoms with Crippen molar-refractivity contribution in [3.05, 3.63) is 18.4 Å². The second-order valence-electron chi connectivity index (χ2n) is 5.88. The Hall–Kier alpha value is -0.263. The van der Waals surface area contributed by atoms with Crippen LogP contribution in [0.5, 0.6) is 0 Å². The maximum Gasteiger partial charge on any atom is 0.0533 e.